The van der Waals surface area contributed by atoms with Crippen LogP contribution in [0.4, 0.5) is 15.2 Å². The number of carbonyl (C=O) groups excluding carboxylic acids is 1. The van der Waals surface area contributed by atoms with Crippen molar-refractivity contribution >= 4 is 28.1 Å². The Morgan fingerprint density at radius 3 is 2.58 bits per heavy atom. The number of hydrogen-bond acceptors (Lipinski definition) is 6. The van der Waals surface area contributed by atoms with Crippen molar-refractivity contribution in [3.8, 4) is 5.75 Å². The van der Waals surface area contributed by atoms with Gasteiger partial charge in [-0.2, -0.15) is 0 Å². The van der Waals surface area contributed by atoms with Crippen molar-refractivity contribution in [1.82, 2.24) is 4.98 Å². The minimum absolute atomic E-state index is 0.0980. The molecule has 3 rings (SSSR count). The molecule has 5 nitrogen and oxygen atoms in total. The number of carbonyl (C=O) groups is 1. The number of hydrogen-bond donors (Lipinski definition) is 1. The van der Waals surface area contributed by atoms with Gasteiger partial charge in [0.15, 0.2) is 5.13 Å². The largest absolute Gasteiger partial charge is 0.497 e. The maximum absolute atomic E-state index is 12.9. The van der Waals surface area contributed by atoms with Gasteiger partial charge in [-0.1, -0.05) is 12.1 Å². The molecule has 0 spiro atoms. The number of benzene rings is 2. The fourth-order valence-corrected chi connectivity index (χ4v) is 2.92. The van der Waals surface area contributed by atoms with Gasteiger partial charge in [0, 0.05) is 11.1 Å². The molecule has 0 atom stereocenters. The lowest BCUT2D eigenvalue weighted by Gasteiger charge is -2.04. The molecule has 0 bridgehead atoms. The molecule has 26 heavy (non-hydrogen) atoms. The van der Waals surface area contributed by atoms with Gasteiger partial charge in [-0.25, -0.2) is 9.37 Å². The first-order valence-electron chi connectivity index (χ1n) is 7.88. The van der Waals surface area contributed by atoms with E-state index in [1.807, 2.05) is 29.6 Å². The standard InChI is InChI=1S/C19H17FN2O3S/c1-24-17-8-6-15(7-9-17)21-19-22-16(12-26-19)11-25-18(23)10-13-2-4-14(20)5-3-13/h2-9,12H,10-11H2,1H3,(H,21,22). The monoisotopic (exact) mass is 372 g/mol. The van der Waals surface area contributed by atoms with E-state index in [1.54, 1.807) is 19.2 Å². The first-order valence-corrected chi connectivity index (χ1v) is 8.76. The molecule has 0 radical (unpaired) electrons. The van der Waals surface area contributed by atoms with Crippen molar-refractivity contribution in [2.75, 3.05) is 12.4 Å². The van der Waals surface area contributed by atoms with Gasteiger partial charge < -0.3 is 14.8 Å². The Labute approximate surface area is 154 Å². The molecular weight excluding hydrogens is 355 g/mol. The van der Waals surface area contributed by atoms with Crippen molar-refractivity contribution in [3.63, 3.8) is 0 Å². The number of anilines is 2. The Morgan fingerprint density at radius 1 is 1.15 bits per heavy atom. The van der Waals surface area contributed by atoms with E-state index < -0.39 is 0 Å². The summed E-state index contributed by atoms with van der Waals surface area (Å²) in [5, 5.41) is 5.72. The van der Waals surface area contributed by atoms with E-state index in [4.69, 9.17) is 9.47 Å². The Morgan fingerprint density at radius 2 is 1.88 bits per heavy atom. The summed E-state index contributed by atoms with van der Waals surface area (Å²) in [6.45, 7) is 0.0980. The van der Waals surface area contributed by atoms with E-state index in [0.29, 0.717) is 16.4 Å². The number of aromatic nitrogens is 1. The number of thiazole rings is 1. The Kier molecular flexibility index (Phi) is 5.80. The predicted molar refractivity (Wildman–Crippen MR) is 98.3 cm³/mol. The number of rotatable bonds is 7. The maximum Gasteiger partial charge on any atom is 0.310 e. The van der Waals surface area contributed by atoms with Crippen LogP contribution in [0.25, 0.3) is 0 Å². The molecule has 0 aliphatic carbocycles. The number of nitrogens with one attached hydrogen (secondary N) is 1. The highest BCUT2D eigenvalue weighted by molar-refractivity contribution is 7.13. The molecular formula is C19H17FN2O3S. The second-order valence-corrected chi connectivity index (χ2v) is 6.32. The van der Waals surface area contributed by atoms with E-state index in [0.717, 1.165) is 11.4 Å². The lowest BCUT2D eigenvalue weighted by Crippen LogP contribution is -2.08. The Hall–Kier alpha value is -2.93. The molecule has 0 unspecified atom stereocenters. The minimum atomic E-state index is -0.380. The highest BCUT2D eigenvalue weighted by Gasteiger charge is 2.08. The summed E-state index contributed by atoms with van der Waals surface area (Å²) in [4.78, 5) is 16.2. The highest BCUT2D eigenvalue weighted by Crippen LogP contribution is 2.23. The van der Waals surface area contributed by atoms with Crippen molar-refractivity contribution in [3.05, 3.63) is 71.0 Å². The molecule has 0 aliphatic rings. The summed E-state index contributed by atoms with van der Waals surface area (Å²) in [6, 6.07) is 13.3. The summed E-state index contributed by atoms with van der Waals surface area (Å²) in [6.07, 6.45) is 0.0986. The van der Waals surface area contributed by atoms with Gasteiger partial charge in [-0.15, -0.1) is 11.3 Å². The van der Waals surface area contributed by atoms with Crippen LogP contribution in [-0.2, 0) is 22.6 Å². The molecule has 134 valence electrons. The van der Waals surface area contributed by atoms with Crippen molar-refractivity contribution in [1.29, 1.82) is 0 Å². The zero-order valence-electron chi connectivity index (χ0n) is 14.1. The molecule has 3 aromatic rings. The summed E-state index contributed by atoms with van der Waals surface area (Å²) in [5.41, 5.74) is 2.26. The van der Waals surface area contributed by atoms with Crippen LogP contribution in [0.15, 0.2) is 53.9 Å². The lowest BCUT2D eigenvalue weighted by molar-refractivity contribution is -0.144. The van der Waals surface area contributed by atoms with Crippen LogP contribution in [0.2, 0.25) is 0 Å². The average Bonchev–Trinajstić information content (AvgIpc) is 3.10. The molecule has 0 fully saturated rings. The maximum atomic E-state index is 12.9. The quantitative estimate of drug-likeness (QED) is 0.626. The number of ether oxygens (including phenoxy) is 2. The molecule has 7 heteroatoms. The van der Waals surface area contributed by atoms with Crippen LogP contribution in [-0.4, -0.2) is 18.1 Å². The third-order valence-corrected chi connectivity index (χ3v) is 4.34. The fourth-order valence-electron chi connectivity index (χ4n) is 2.20. The number of nitrogens with zero attached hydrogens (tertiary/aromatic N) is 1. The van der Waals surface area contributed by atoms with Gasteiger partial charge in [0.05, 0.1) is 19.2 Å². The third kappa shape index (κ3) is 5.03. The summed E-state index contributed by atoms with van der Waals surface area (Å²) in [5.74, 6) is 0.0687. The third-order valence-electron chi connectivity index (χ3n) is 3.54. The van der Waals surface area contributed by atoms with E-state index >= 15 is 0 Å². The molecule has 0 amide bonds. The first kappa shape index (κ1) is 17.9. The Balaban J connectivity index is 1.49. The lowest BCUT2D eigenvalue weighted by atomic mass is 10.1. The van der Waals surface area contributed by atoms with Crippen LogP contribution < -0.4 is 10.1 Å². The van der Waals surface area contributed by atoms with Crippen LogP contribution in [0, 0.1) is 5.82 Å². The van der Waals surface area contributed by atoms with Gasteiger partial charge in [-0.05, 0) is 42.0 Å². The van der Waals surface area contributed by atoms with Gasteiger partial charge in [-0.3, -0.25) is 4.79 Å². The van der Waals surface area contributed by atoms with Crippen LogP contribution in [0.3, 0.4) is 0 Å². The van der Waals surface area contributed by atoms with Gasteiger partial charge in [0.1, 0.15) is 18.2 Å². The summed E-state index contributed by atoms with van der Waals surface area (Å²) >= 11 is 1.43. The first-order chi connectivity index (χ1) is 12.6. The molecule has 2 aromatic carbocycles. The van der Waals surface area contributed by atoms with Crippen molar-refractivity contribution < 1.29 is 18.7 Å². The minimum Gasteiger partial charge on any atom is -0.497 e. The van der Waals surface area contributed by atoms with E-state index in [9.17, 15) is 9.18 Å². The van der Waals surface area contributed by atoms with Crippen molar-refractivity contribution in [2.45, 2.75) is 13.0 Å². The smallest absolute Gasteiger partial charge is 0.310 e. The average molecular weight is 372 g/mol. The molecule has 0 aliphatic heterocycles. The Bertz CT molecular complexity index is 863. The zero-order valence-corrected chi connectivity index (χ0v) is 14.9. The molecule has 0 saturated heterocycles. The molecule has 1 N–H and O–H groups in total. The van der Waals surface area contributed by atoms with Crippen LogP contribution >= 0.6 is 11.3 Å². The summed E-state index contributed by atoms with van der Waals surface area (Å²) in [7, 11) is 1.62. The zero-order chi connectivity index (χ0) is 18.4. The number of esters is 1. The van der Waals surface area contributed by atoms with Gasteiger partial charge in [0.2, 0.25) is 0 Å². The van der Waals surface area contributed by atoms with E-state index in [2.05, 4.69) is 10.3 Å². The fraction of sp³-hybridized carbons (Fsp3) is 0.158. The van der Waals surface area contributed by atoms with E-state index in [-0.39, 0.29) is 24.8 Å². The van der Waals surface area contributed by atoms with Crippen LogP contribution in [0.5, 0.6) is 5.75 Å². The summed E-state index contributed by atoms with van der Waals surface area (Å²) < 4.78 is 23.2. The second kappa shape index (κ2) is 8.44. The molecule has 1 heterocycles. The second-order valence-electron chi connectivity index (χ2n) is 5.46. The number of methoxy groups -OCH3 is 1. The topological polar surface area (TPSA) is 60.4 Å². The normalized spacial score (nSPS) is 10.4. The predicted octanol–water partition coefficient (Wildman–Crippen LogP) is 4.32. The number of halogens is 1. The highest BCUT2D eigenvalue weighted by atomic mass is 32.1. The molecule has 0 saturated carbocycles. The van der Waals surface area contributed by atoms with Crippen LogP contribution in [0.1, 0.15) is 11.3 Å². The van der Waals surface area contributed by atoms with Crippen molar-refractivity contribution in [2.24, 2.45) is 0 Å². The van der Waals surface area contributed by atoms with Gasteiger partial charge in [0.25, 0.3) is 0 Å². The molecule has 1 aromatic heterocycles. The van der Waals surface area contributed by atoms with Gasteiger partial charge >= 0.3 is 5.97 Å². The van der Waals surface area contributed by atoms with E-state index in [1.165, 1.54) is 23.5 Å². The SMILES string of the molecule is COc1ccc(Nc2nc(COC(=O)Cc3ccc(F)cc3)cs2)cc1.